The van der Waals surface area contributed by atoms with Gasteiger partial charge in [0.15, 0.2) is 0 Å². The maximum absolute atomic E-state index is 13.1. The summed E-state index contributed by atoms with van der Waals surface area (Å²) in [6.45, 7) is 17.3. The summed E-state index contributed by atoms with van der Waals surface area (Å²) in [6, 6.07) is 30.5. The molecule has 480 valence electrons. The molecule has 0 bridgehead atoms. The van der Waals surface area contributed by atoms with Crippen molar-refractivity contribution in [3.05, 3.63) is 141 Å². The smallest absolute Gasteiger partial charge is 0.303 e. The van der Waals surface area contributed by atoms with Crippen molar-refractivity contribution in [1.29, 1.82) is 0 Å². The molecular formula is C65H97N3O13S5. The van der Waals surface area contributed by atoms with E-state index in [1.165, 1.54) is 48.7 Å². The zero-order chi connectivity index (χ0) is 64.0. The van der Waals surface area contributed by atoms with Gasteiger partial charge in [0.2, 0.25) is 10.0 Å². The monoisotopic (exact) mass is 1290 g/mol. The number of hydrogen-bond acceptors (Lipinski definition) is 12. The van der Waals surface area contributed by atoms with Crippen LogP contribution in [-0.4, -0.2) is 102 Å². The Morgan fingerprint density at radius 2 is 0.779 bits per heavy atom. The van der Waals surface area contributed by atoms with E-state index in [-0.39, 0.29) is 36.6 Å². The van der Waals surface area contributed by atoms with Crippen LogP contribution in [0.2, 0.25) is 0 Å². The van der Waals surface area contributed by atoms with E-state index in [9.17, 15) is 44.7 Å². The van der Waals surface area contributed by atoms with Gasteiger partial charge in [-0.05, 0) is 112 Å². The number of benzene rings is 3. The van der Waals surface area contributed by atoms with E-state index in [0.29, 0.717) is 73.2 Å². The number of carboxylic acids is 3. The summed E-state index contributed by atoms with van der Waals surface area (Å²) in [6.07, 6.45) is 14.0. The third-order valence-corrected chi connectivity index (χ3v) is 22.1. The summed E-state index contributed by atoms with van der Waals surface area (Å²) in [5, 5.41) is 40.0. The van der Waals surface area contributed by atoms with E-state index in [4.69, 9.17) is 15.3 Å². The van der Waals surface area contributed by atoms with Gasteiger partial charge in [-0.15, -0.1) is 22.7 Å². The Balaban J connectivity index is 0.000000340. The number of hydrogen-bond donors (Lipinski definition) is 4. The van der Waals surface area contributed by atoms with E-state index in [0.717, 1.165) is 92.9 Å². The Bertz CT molecular complexity index is 3070. The zero-order valence-corrected chi connectivity index (χ0v) is 56.1. The third kappa shape index (κ3) is 29.0. The minimum atomic E-state index is -3.60. The second-order valence-corrected chi connectivity index (χ2v) is 32.2. The van der Waals surface area contributed by atoms with Gasteiger partial charge in [-0.25, -0.2) is 25.3 Å². The number of carbonyl (C=O) groups is 3. The lowest BCUT2D eigenvalue weighted by atomic mass is 9.87. The van der Waals surface area contributed by atoms with Gasteiger partial charge in [-0.1, -0.05) is 191 Å². The molecule has 5 aromatic rings. The molecule has 1 unspecified atom stereocenters. The second-order valence-electron chi connectivity index (χ2n) is 24.0. The number of aliphatic carboxylic acids is 3. The zero-order valence-electron chi connectivity index (χ0n) is 52.0. The summed E-state index contributed by atoms with van der Waals surface area (Å²) >= 11 is 2.44. The van der Waals surface area contributed by atoms with Gasteiger partial charge in [-0.3, -0.25) is 14.4 Å². The quantitative estimate of drug-likeness (QED) is 0.0271. The molecule has 4 N–H and O–H groups in total. The molecule has 0 amide bonds. The van der Waals surface area contributed by atoms with Gasteiger partial charge in [0.05, 0.1) is 12.4 Å². The molecule has 5 rings (SSSR count). The summed E-state index contributed by atoms with van der Waals surface area (Å²) in [5.41, 5.74) is 6.24. The van der Waals surface area contributed by atoms with Crippen LogP contribution in [0.4, 0.5) is 0 Å². The van der Waals surface area contributed by atoms with Crippen molar-refractivity contribution in [2.75, 3.05) is 25.9 Å². The lowest BCUT2D eigenvalue weighted by molar-refractivity contribution is -0.138. The molecule has 16 nitrogen and oxygen atoms in total. The average molecular weight is 1290 g/mol. The molecule has 21 heteroatoms. The van der Waals surface area contributed by atoms with Crippen LogP contribution in [-0.2, 0) is 74.9 Å². The van der Waals surface area contributed by atoms with Crippen LogP contribution in [0.5, 0.6) is 0 Å². The highest BCUT2D eigenvalue weighted by Gasteiger charge is 2.27. The number of aliphatic hydroxyl groups excluding tert-OH is 1. The average Bonchev–Trinajstić information content (AvgIpc) is 2.73. The Morgan fingerprint density at radius 3 is 1.08 bits per heavy atom. The third-order valence-electron chi connectivity index (χ3n) is 14.5. The van der Waals surface area contributed by atoms with Crippen molar-refractivity contribution in [2.45, 2.75) is 215 Å². The minimum Gasteiger partial charge on any atom is -0.481 e. The Labute approximate surface area is 522 Å². The largest absolute Gasteiger partial charge is 0.481 e. The first-order valence-electron chi connectivity index (χ1n) is 30.1. The van der Waals surface area contributed by atoms with E-state index in [1.807, 2.05) is 48.5 Å². The molecule has 1 atom stereocenters. The Morgan fingerprint density at radius 1 is 0.453 bits per heavy atom. The van der Waals surface area contributed by atoms with Crippen LogP contribution in [0.25, 0.3) is 0 Å². The highest BCUT2D eigenvalue weighted by atomic mass is 32.3. The Kier molecular flexibility index (Phi) is 33.2. The highest BCUT2D eigenvalue weighted by Crippen LogP contribution is 2.29. The molecule has 0 fully saturated rings. The van der Waals surface area contributed by atoms with Crippen molar-refractivity contribution in [3.63, 3.8) is 0 Å². The molecule has 0 aliphatic heterocycles. The highest BCUT2D eigenvalue weighted by molar-refractivity contribution is 7.91. The van der Waals surface area contributed by atoms with Gasteiger partial charge < -0.3 is 20.4 Å². The predicted molar refractivity (Wildman–Crippen MR) is 347 cm³/mol. The molecule has 0 aliphatic rings. The summed E-state index contributed by atoms with van der Waals surface area (Å²) in [7, 11) is -10.4. The normalized spacial score (nSPS) is 12.6. The fourth-order valence-electron chi connectivity index (χ4n) is 9.19. The first-order valence-corrected chi connectivity index (χ1v) is 36.6. The first-order chi connectivity index (χ1) is 40.4. The number of rotatable bonds is 37. The van der Waals surface area contributed by atoms with E-state index in [1.54, 1.807) is 39.3 Å². The number of nitrogens with zero attached hydrogens (tertiary/aromatic N) is 3. The molecule has 0 radical (unpaired) electrons. The summed E-state index contributed by atoms with van der Waals surface area (Å²) in [4.78, 5) is 31.7. The predicted octanol–water partition coefficient (Wildman–Crippen LogP) is 14.6. The van der Waals surface area contributed by atoms with Gasteiger partial charge in [0.1, 0.15) is 8.42 Å². The van der Waals surface area contributed by atoms with Crippen LogP contribution < -0.4 is 0 Å². The summed E-state index contributed by atoms with van der Waals surface area (Å²) in [5.74, 6) is -2.37. The van der Waals surface area contributed by atoms with Gasteiger partial charge >= 0.3 is 17.9 Å². The molecule has 0 spiro atoms. The molecular weight excluding hydrogens is 1190 g/mol. The van der Waals surface area contributed by atoms with Crippen molar-refractivity contribution in [3.8, 4) is 0 Å². The van der Waals surface area contributed by atoms with E-state index in [2.05, 4.69) is 72.7 Å². The van der Waals surface area contributed by atoms with Crippen LogP contribution in [0.1, 0.15) is 210 Å². The molecule has 0 saturated carbocycles. The second kappa shape index (κ2) is 37.9. The molecule has 2 heterocycles. The Hall–Kier alpha value is -4.84. The number of carboxylic acid groups (broad SMARTS) is 3. The van der Waals surface area contributed by atoms with Crippen LogP contribution in [0, 0.1) is 0 Å². The molecule has 2 aromatic heterocycles. The van der Waals surface area contributed by atoms with E-state index < -0.39 is 54.1 Å². The van der Waals surface area contributed by atoms with Crippen LogP contribution >= 0.6 is 22.7 Å². The lowest BCUT2D eigenvalue weighted by Gasteiger charge is -2.23. The lowest BCUT2D eigenvalue weighted by Crippen LogP contribution is -2.31. The van der Waals surface area contributed by atoms with Crippen LogP contribution in [0.15, 0.2) is 116 Å². The number of thiophene rings is 2. The number of sulfonamides is 3. The van der Waals surface area contributed by atoms with Crippen molar-refractivity contribution in [2.24, 2.45) is 0 Å². The van der Waals surface area contributed by atoms with Gasteiger partial charge in [0.25, 0.3) is 20.0 Å². The first kappa shape index (κ1) is 75.4. The van der Waals surface area contributed by atoms with Gasteiger partial charge in [0, 0.05) is 58.5 Å². The molecule has 0 aliphatic carbocycles. The standard InChI is InChI=1S/C24H35NO5S2.C22H31NO4S2.C19H31NO4S/c1-2-3-6-10-22(26)21-15-13-20(14-16-21)19-25(17-8-5-4-7-11-23(27)28)32(29,30)24-12-9-18-31-24;1-22(2,3)19-13-11-18(12-14-19)17-23(15-7-5-4-6-9-20(24)25)29(26,27)21-10-8-16-28-21;1-19(2,3)17-12-10-16(11-13-17)15-20(25(4,23)24)14-8-6-5-7-9-18(21)22/h9,12-16,18,22,26H,2-8,10-11,17,19H2,1H3,(H,27,28);8,10-14,16H,4-7,9,15,17H2,1-3H3,(H,24,25);10-13H,5-9,14-15H2,1-4H3,(H,21,22). The van der Waals surface area contributed by atoms with Crippen molar-refractivity contribution >= 4 is 70.7 Å². The topological polar surface area (TPSA) is 244 Å². The molecule has 0 saturated heterocycles. The van der Waals surface area contributed by atoms with Crippen molar-refractivity contribution in [1.82, 2.24) is 12.9 Å². The number of unbranched alkanes of at least 4 members (excludes halogenated alkanes) is 11. The molecule has 86 heavy (non-hydrogen) atoms. The fourth-order valence-corrected chi connectivity index (χ4v) is 15.3. The summed E-state index contributed by atoms with van der Waals surface area (Å²) < 4.78 is 81.7. The maximum atomic E-state index is 13.1. The number of aliphatic hydroxyl groups is 1. The minimum absolute atomic E-state index is 0.0528. The van der Waals surface area contributed by atoms with E-state index >= 15 is 0 Å². The van der Waals surface area contributed by atoms with Crippen LogP contribution in [0.3, 0.4) is 0 Å². The maximum Gasteiger partial charge on any atom is 0.303 e. The fraction of sp³-hybridized carbons (Fsp3) is 0.554. The molecule has 3 aromatic carbocycles. The van der Waals surface area contributed by atoms with Gasteiger partial charge in [-0.2, -0.15) is 12.9 Å². The SMILES string of the molecule is CC(C)(C)c1ccc(CN(CCCCCCC(=O)O)S(=O)(=O)c2cccs2)cc1.CC(C)(C)c1ccc(CN(CCCCCCC(=O)O)S(C)(=O)=O)cc1.CCCCCC(O)c1ccc(CN(CCCCCCC(=O)O)S(=O)(=O)c2cccs2)cc1. The van der Waals surface area contributed by atoms with Crippen molar-refractivity contribution < 1.29 is 60.1 Å².